The second kappa shape index (κ2) is 6.94. The largest absolute Gasteiger partial charge is 0.492 e. The summed E-state index contributed by atoms with van der Waals surface area (Å²) in [5.41, 5.74) is -0.382. The van der Waals surface area contributed by atoms with Crippen LogP contribution in [0.4, 0.5) is 23.2 Å². The minimum absolute atomic E-state index is 0.0960. The molecule has 0 spiro atoms. The van der Waals surface area contributed by atoms with Crippen LogP contribution in [0.1, 0.15) is 28.6 Å². The summed E-state index contributed by atoms with van der Waals surface area (Å²) >= 11 is 0. The van der Waals surface area contributed by atoms with Gasteiger partial charge >= 0.3 is 6.18 Å². The number of benzene rings is 2. The van der Waals surface area contributed by atoms with Crippen molar-refractivity contribution < 1.29 is 31.5 Å². The van der Waals surface area contributed by atoms with Crippen LogP contribution in [0.2, 0.25) is 0 Å². The molecule has 1 heterocycles. The molecular formula is C19H15F4NO3. The number of alkyl halides is 3. The molecule has 27 heavy (non-hydrogen) atoms. The van der Waals surface area contributed by atoms with Gasteiger partial charge in [-0.25, -0.2) is 4.39 Å². The average Bonchev–Trinajstić information content (AvgIpc) is 2.92. The third-order valence-electron chi connectivity index (χ3n) is 3.96. The highest BCUT2D eigenvalue weighted by atomic mass is 19.4. The Kier molecular flexibility index (Phi) is 4.82. The fraction of sp³-hybridized carbons (Fsp3) is 0.211. The minimum atomic E-state index is -4.57. The van der Waals surface area contributed by atoms with Gasteiger partial charge in [0.2, 0.25) is 0 Å². The highest BCUT2D eigenvalue weighted by molar-refractivity contribution is 6.07. The van der Waals surface area contributed by atoms with Gasteiger partial charge in [0.25, 0.3) is 5.91 Å². The van der Waals surface area contributed by atoms with Gasteiger partial charge in [-0.2, -0.15) is 13.2 Å². The van der Waals surface area contributed by atoms with Gasteiger partial charge in [0.05, 0.1) is 17.9 Å². The Morgan fingerprint density at radius 3 is 2.59 bits per heavy atom. The Labute approximate surface area is 151 Å². The first kappa shape index (κ1) is 18.8. The van der Waals surface area contributed by atoms with Crippen molar-refractivity contribution in [3.8, 4) is 5.75 Å². The highest BCUT2D eigenvalue weighted by Crippen LogP contribution is 2.35. The number of nitrogens with one attached hydrogen (secondary N) is 1. The molecule has 2 aromatic carbocycles. The van der Waals surface area contributed by atoms with E-state index in [0.29, 0.717) is 16.5 Å². The number of carbonyl (C=O) groups is 1. The van der Waals surface area contributed by atoms with Crippen molar-refractivity contribution in [2.24, 2.45) is 0 Å². The van der Waals surface area contributed by atoms with E-state index < -0.39 is 23.5 Å². The number of furan rings is 1. The van der Waals surface area contributed by atoms with Crippen LogP contribution in [-0.2, 0) is 6.18 Å². The quantitative estimate of drug-likeness (QED) is 0.603. The summed E-state index contributed by atoms with van der Waals surface area (Å²) in [5.74, 6) is -1.27. The molecule has 1 N–H and O–H groups in total. The number of rotatable bonds is 4. The molecule has 1 amide bonds. The maximum Gasteiger partial charge on any atom is 0.416 e. The topological polar surface area (TPSA) is 51.5 Å². The molecule has 142 valence electrons. The van der Waals surface area contributed by atoms with Crippen LogP contribution in [0.5, 0.6) is 5.75 Å². The molecule has 0 aliphatic carbocycles. The van der Waals surface area contributed by atoms with E-state index in [4.69, 9.17) is 9.15 Å². The molecule has 0 fully saturated rings. The van der Waals surface area contributed by atoms with E-state index in [9.17, 15) is 22.4 Å². The zero-order chi connectivity index (χ0) is 19.8. The summed E-state index contributed by atoms with van der Waals surface area (Å²) < 4.78 is 63.1. The number of hydrogen-bond acceptors (Lipinski definition) is 3. The third kappa shape index (κ3) is 3.74. The lowest BCUT2D eigenvalue weighted by atomic mass is 10.1. The number of amides is 1. The predicted octanol–water partition coefficient (Wildman–Crippen LogP) is 5.55. The first-order chi connectivity index (χ1) is 12.7. The molecular weight excluding hydrogens is 366 g/mol. The lowest BCUT2D eigenvalue weighted by molar-refractivity contribution is -0.137. The molecule has 0 saturated heterocycles. The van der Waals surface area contributed by atoms with Crippen LogP contribution in [0.3, 0.4) is 0 Å². The number of hydrogen-bond donors (Lipinski definition) is 1. The number of fused-ring (bicyclic) bond motifs is 1. The van der Waals surface area contributed by atoms with Crippen molar-refractivity contribution in [2.45, 2.75) is 20.0 Å². The Bertz CT molecular complexity index is 1010. The number of anilines is 1. The predicted molar refractivity (Wildman–Crippen MR) is 91.5 cm³/mol. The molecule has 0 aliphatic heterocycles. The molecule has 0 unspecified atom stereocenters. The minimum Gasteiger partial charge on any atom is -0.492 e. The summed E-state index contributed by atoms with van der Waals surface area (Å²) in [7, 11) is 0. The number of carbonyl (C=O) groups excluding carboxylic acids is 1. The number of ether oxygens (including phenoxy) is 1. The van der Waals surface area contributed by atoms with E-state index in [1.165, 1.54) is 18.2 Å². The SMILES string of the molecule is CCOc1ccc(C(F)(F)F)cc1NC(=O)c1oc2ccc(F)cc2c1C. The fourth-order valence-corrected chi connectivity index (χ4v) is 2.67. The van der Waals surface area contributed by atoms with E-state index in [0.717, 1.165) is 18.2 Å². The van der Waals surface area contributed by atoms with E-state index in [1.54, 1.807) is 13.8 Å². The summed E-state index contributed by atoms with van der Waals surface area (Å²) in [6, 6.07) is 6.59. The van der Waals surface area contributed by atoms with Crippen molar-refractivity contribution in [2.75, 3.05) is 11.9 Å². The molecule has 0 radical (unpaired) electrons. The first-order valence-corrected chi connectivity index (χ1v) is 8.04. The first-order valence-electron chi connectivity index (χ1n) is 8.04. The summed E-state index contributed by atoms with van der Waals surface area (Å²) in [6.07, 6.45) is -4.57. The molecule has 4 nitrogen and oxygen atoms in total. The van der Waals surface area contributed by atoms with Crippen LogP contribution < -0.4 is 10.1 Å². The number of halogens is 4. The smallest absolute Gasteiger partial charge is 0.416 e. The molecule has 3 rings (SSSR count). The van der Waals surface area contributed by atoms with Crippen molar-refractivity contribution in [3.63, 3.8) is 0 Å². The van der Waals surface area contributed by atoms with E-state index in [2.05, 4.69) is 5.32 Å². The Balaban J connectivity index is 1.99. The van der Waals surface area contributed by atoms with Crippen LogP contribution in [0.25, 0.3) is 11.0 Å². The van der Waals surface area contributed by atoms with Gasteiger partial charge in [-0.15, -0.1) is 0 Å². The van der Waals surface area contributed by atoms with E-state index in [1.807, 2.05) is 0 Å². The zero-order valence-corrected chi connectivity index (χ0v) is 14.4. The van der Waals surface area contributed by atoms with Gasteiger partial charge in [0, 0.05) is 10.9 Å². The lowest BCUT2D eigenvalue weighted by Crippen LogP contribution is -2.14. The molecule has 0 saturated carbocycles. The third-order valence-corrected chi connectivity index (χ3v) is 3.96. The molecule has 1 aromatic heterocycles. The second-order valence-electron chi connectivity index (χ2n) is 5.79. The number of aryl methyl sites for hydroxylation is 1. The van der Waals surface area contributed by atoms with Gasteiger partial charge in [-0.05, 0) is 50.2 Å². The molecule has 8 heteroatoms. The van der Waals surface area contributed by atoms with Gasteiger partial charge in [0.1, 0.15) is 17.1 Å². The van der Waals surface area contributed by atoms with Gasteiger partial charge in [-0.3, -0.25) is 4.79 Å². The monoisotopic (exact) mass is 381 g/mol. The highest BCUT2D eigenvalue weighted by Gasteiger charge is 2.31. The van der Waals surface area contributed by atoms with Crippen molar-refractivity contribution in [1.82, 2.24) is 0 Å². The average molecular weight is 381 g/mol. The fourth-order valence-electron chi connectivity index (χ4n) is 2.67. The molecule has 3 aromatic rings. The van der Waals surface area contributed by atoms with Crippen LogP contribution in [0, 0.1) is 12.7 Å². The zero-order valence-electron chi connectivity index (χ0n) is 14.4. The van der Waals surface area contributed by atoms with E-state index in [-0.39, 0.29) is 23.8 Å². The van der Waals surface area contributed by atoms with Crippen LogP contribution in [-0.4, -0.2) is 12.5 Å². The summed E-state index contributed by atoms with van der Waals surface area (Å²) in [6.45, 7) is 3.44. The normalized spacial score (nSPS) is 11.6. The van der Waals surface area contributed by atoms with Crippen LogP contribution in [0.15, 0.2) is 40.8 Å². The van der Waals surface area contributed by atoms with Gasteiger partial charge < -0.3 is 14.5 Å². The maximum atomic E-state index is 13.4. The van der Waals surface area contributed by atoms with Gasteiger partial charge in [-0.1, -0.05) is 0 Å². The van der Waals surface area contributed by atoms with Crippen LogP contribution >= 0.6 is 0 Å². The second-order valence-corrected chi connectivity index (χ2v) is 5.79. The lowest BCUT2D eigenvalue weighted by Gasteiger charge is -2.14. The maximum absolute atomic E-state index is 13.4. The van der Waals surface area contributed by atoms with Crippen molar-refractivity contribution in [3.05, 3.63) is 59.1 Å². The van der Waals surface area contributed by atoms with Crippen molar-refractivity contribution >= 4 is 22.6 Å². The Morgan fingerprint density at radius 1 is 1.19 bits per heavy atom. The molecule has 0 aliphatic rings. The summed E-state index contributed by atoms with van der Waals surface area (Å²) in [5, 5.41) is 2.80. The summed E-state index contributed by atoms with van der Waals surface area (Å²) in [4.78, 5) is 12.6. The van der Waals surface area contributed by atoms with E-state index >= 15 is 0 Å². The molecule has 0 bridgehead atoms. The Hall–Kier alpha value is -3.03. The molecule has 0 atom stereocenters. The van der Waals surface area contributed by atoms with Gasteiger partial charge in [0.15, 0.2) is 5.76 Å². The van der Waals surface area contributed by atoms with Crippen molar-refractivity contribution in [1.29, 1.82) is 0 Å². The standard InChI is InChI=1S/C19H15F4NO3/c1-3-26-16-6-4-11(19(21,22)23)8-14(16)24-18(25)17-10(2)13-9-12(20)5-7-15(13)27-17/h4-9H,3H2,1-2H3,(H,24,25). The Morgan fingerprint density at radius 2 is 1.93 bits per heavy atom.